The van der Waals surface area contributed by atoms with E-state index in [1.807, 2.05) is 12.1 Å². The van der Waals surface area contributed by atoms with Crippen molar-refractivity contribution in [2.45, 2.75) is 12.6 Å². The lowest BCUT2D eigenvalue weighted by Crippen LogP contribution is -2.62. The van der Waals surface area contributed by atoms with Crippen LogP contribution in [0.2, 0.25) is 5.02 Å². The summed E-state index contributed by atoms with van der Waals surface area (Å²) in [5.74, 6) is 0. The Morgan fingerprint density at radius 3 is 2.83 bits per heavy atom. The second-order valence-electron chi connectivity index (χ2n) is 5.10. The average molecular weight is 267 g/mol. The molecule has 0 bridgehead atoms. The largest absolute Gasteiger partial charge is 0.314 e. The molecule has 3 rings (SSSR count). The van der Waals surface area contributed by atoms with Crippen molar-refractivity contribution in [3.05, 3.63) is 29.0 Å². The van der Waals surface area contributed by atoms with Crippen molar-refractivity contribution >= 4 is 11.6 Å². The van der Waals surface area contributed by atoms with Gasteiger partial charge in [0.1, 0.15) is 0 Å². The molecule has 0 amide bonds. The summed E-state index contributed by atoms with van der Waals surface area (Å²) in [6.45, 7) is 7.88. The molecule has 0 saturated carbocycles. The number of hydrogen-bond donors (Lipinski definition) is 1. The van der Waals surface area contributed by atoms with Crippen LogP contribution in [0.1, 0.15) is 5.69 Å². The molecule has 0 aliphatic carbocycles. The summed E-state index contributed by atoms with van der Waals surface area (Å²) >= 11 is 5.97. The molecule has 98 valence electrons. The van der Waals surface area contributed by atoms with Crippen LogP contribution in [0.25, 0.3) is 0 Å². The predicted octanol–water partition coefficient (Wildman–Crippen LogP) is 0.824. The minimum absolute atomic E-state index is 0.742. The van der Waals surface area contributed by atoms with Crippen LogP contribution in [0, 0.1) is 0 Å². The number of rotatable bonds is 3. The molecule has 0 radical (unpaired) electrons. The van der Waals surface area contributed by atoms with Gasteiger partial charge in [-0.25, -0.2) is 0 Å². The van der Waals surface area contributed by atoms with Crippen LogP contribution >= 0.6 is 11.6 Å². The maximum absolute atomic E-state index is 5.97. The predicted molar refractivity (Wildman–Crippen MR) is 72.8 cm³/mol. The van der Waals surface area contributed by atoms with E-state index in [0.29, 0.717) is 0 Å². The first-order chi connectivity index (χ1) is 8.81. The van der Waals surface area contributed by atoms with Gasteiger partial charge < -0.3 is 5.32 Å². The minimum Gasteiger partial charge on any atom is -0.314 e. The molecule has 1 N–H and O–H groups in total. The second kappa shape index (κ2) is 5.53. The Kier molecular flexibility index (Phi) is 3.80. The van der Waals surface area contributed by atoms with Crippen molar-refractivity contribution in [1.82, 2.24) is 20.1 Å². The van der Waals surface area contributed by atoms with E-state index < -0.39 is 0 Å². The van der Waals surface area contributed by atoms with Gasteiger partial charge in [-0.15, -0.1) is 0 Å². The van der Waals surface area contributed by atoms with Gasteiger partial charge in [-0.05, 0) is 12.1 Å². The molecule has 3 heterocycles. The molecule has 0 unspecified atom stereocenters. The quantitative estimate of drug-likeness (QED) is 0.878. The topological polar surface area (TPSA) is 31.4 Å². The van der Waals surface area contributed by atoms with Gasteiger partial charge in [-0.1, -0.05) is 11.6 Å². The monoisotopic (exact) mass is 266 g/mol. The smallest absolute Gasteiger partial charge is 0.0558 e. The first kappa shape index (κ1) is 12.4. The highest BCUT2D eigenvalue weighted by Crippen LogP contribution is 2.18. The van der Waals surface area contributed by atoms with E-state index in [1.54, 1.807) is 6.20 Å². The minimum atomic E-state index is 0.742. The maximum atomic E-state index is 5.97. The summed E-state index contributed by atoms with van der Waals surface area (Å²) in [6.07, 6.45) is 1.78. The van der Waals surface area contributed by atoms with E-state index in [-0.39, 0.29) is 0 Å². The molecule has 18 heavy (non-hydrogen) atoms. The van der Waals surface area contributed by atoms with Crippen molar-refractivity contribution in [3.8, 4) is 0 Å². The number of pyridine rings is 1. The fourth-order valence-electron chi connectivity index (χ4n) is 2.71. The molecule has 2 fully saturated rings. The highest BCUT2D eigenvalue weighted by atomic mass is 35.5. The van der Waals surface area contributed by atoms with E-state index in [0.717, 1.165) is 49.5 Å². The van der Waals surface area contributed by atoms with Gasteiger partial charge in [-0.3, -0.25) is 14.8 Å². The number of nitrogens with zero attached hydrogens (tertiary/aromatic N) is 3. The van der Waals surface area contributed by atoms with E-state index in [9.17, 15) is 0 Å². The Morgan fingerprint density at radius 2 is 2.11 bits per heavy atom. The molecule has 1 aromatic rings. The summed E-state index contributed by atoms with van der Waals surface area (Å²) in [6, 6.07) is 4.52. The second-order valence-corrected chi connectivity index (χ2v) is 5.54. The molecule has 4 nitrogen and oxygen atoms in total. The lowest BCUT2D eigenvalue weighted by Gasteiger charge is -2.46. The van der Waals surface area contributed by atoms with Gasteiger partial charge in [0.25, 0.3) is 0 Å². The molecular weight excluding hydrogens is 248 g/mol. The first-order valence-electron chi connectivity index (χ1n) is 6.59. The van der Waals surface area contributed by atoms with Gasteiger partial charge in [0, 0.05) is 63.1 Å². The molecule has 5 heteroatoms. The van der Waals surface area contributed by atoms with Crippen molar-refractivity contribution in [1.29, 1.82) is 0 Å². The Hall–Kier alpha value is -0.680. The molecule has 1 aromatic heterocycles. The van der Waals surface area contributed by atoms with Crippen LogP contribution in [0.3, 0.4) is 0 Å². The zero-order valence-electron chi connectivity index (χ0n) is 10.5. The Labute approximate surface area is 113 Å². The number of halogens is 1. The molecule has 0 atom stereocenters. The fourth-order valence-corrected chi connectivity index (χ4v) is 2.90. The summed E-state index contributed by atoms with van der Waals surface area (Å²) < 4.78 is 0. The summed E-state index contributed by atoms with van der Waals surface area (Å²) in [5.41, 5.74) is 1.07. The summed E-state index contributed by atoms with van der Waals surface area (Å²) in [5, 5.41) is 4.17. The highest BCUT2D eigenvalue weighted by molar-refractivity contribution is 6.30. The van der Waals surface area contributed by atoms with Crippen molar-refractivity contribution < 1.29 is 0 Å². The number of piperazine rings is 1. The van der Waals surface area contributed by atoms with E-state index in [2.05, 4.69) is 20.1 Å². The van der Waals surface area contributed by atoms with Crippen LogP contribution in [0.4, 0.5) is 0 Å². The first-order valence-corrected chi connectivity index (χ1v) is 6.96. The van der Waals surface area contributed by atoms with Crippen LogP contribution in [-0.2, 0) is 6.54 Å². The molecule has 2 saturated heterocycles. The third-order valence-electron chi connectivity index (χ3n) is 3.77. The summed E-state index contributed by atoms with van der Waals surface area (Å²) in [4.78, 5) is 9.38. The Morgan fingerprint density at radius 1 is 1.33 bits per heavy atom. The molecule has 2 aliphatic heterocycles. The lowest BCUT2D eigenvalue weighted by atomic mass is 10.1. The van der Waals surface area contributed by atoms with Gasteiger partial charge in [0.2, 0.25) is 0 Å². The molecule has 2 aliphatic rings. The van der Waals surface area contributed by atoms with E-state index in [1.165, 1.54) is 13.1 Å². The van der Waals surface area contributed by atoms with Crippen LogP contribution in [0.5, 0.6) is 0 Å². The van der Waals surface area contributed by atoms with Gasteiger partial charge in [0.15, 0.2) is 0 Å². The SMILES string of the molecule is Clc1ccnc(CN2CC(N3CCNCC3)C2)c1. The third-order valence-corrected chi connectivity index (χ3v) is 4.01. The Bertz CT molecular complexity index is 400. The number of hydrogen-bond acceptors (Lipinski definition) is 4. The fraction of sp³-hybridized carbons (Fsp3) is 0.615. The van der Waals surface area contributed by atoms with E-state index >= 15 is 0 Å². The van der Waals surface area contributed by atoms with Gasteiger partial charge >= 0.3 is 0 Å². The summed E-state index contributed by atoms with van der Waals surface area (Å²) in [7, 11) is 0. The maximum Gasteiger partial charge on any atom is 0.0558 e. The normalized spacial score (nSPS) is 22.9. The van der Waals surface area contributed by atoms with Crippen LogP contribution < -0.4 is 5.32 Å². The number of aromatic nitrogens is 1. The van der Waals surface area contributed by atoms with Crippen LogP contribution in [-0.4, -0.2) is 60.1 Å². The number of likely N-dealkylation sites (tertiary alicyclic amines) is 1. The molecule has 0 aromatic carbocycles. The van der Waals surface area contributed by atoms with Gasteiger partial charge in [-0.2, -0.15) is 0 Å². The van der Waals surface area contributed by atoms with Crippen molar-refractivity contribution in [2.24, 2.45) is 0 Å². The number of nitrogens with one attached hydrogen (secondary N) is 1. The third kappa shape index (κ3) is 2.83. The zero-order chi connectivity index (χ0) is 12.4. The van der Waals surface area contributed by atoms with Crippen LogP contribution in [0.15, 0.2) is 18.3 Å². The Balaban J connectivity index is 1.47. The van der Waals surface area contributed by atoms with E-state index in [4.69, 9.17) is 11.6 Å². The molecule has 0 spiro atoms. The van der Waals surface area contributed by atoms with Crippen molar-refractivity contribution in [2.75, 3.05) is 39.3 Å². The molecular formula is C13H19ClN4. The average Bonchev–Trinajstić information content (AvgIpc) is 2.34. The van der Waals surface area contributed by atoms with Gasteiger partial charge in [0.05, 0.1) is 5.69 Å². The lowest BCUT2D eigenvalue weighted by molar-refractivity contribution is 0.0216. The van der Waals surface area contributed by atoms with Crippen molar-refractivity contribution in [3.63, 3.8) is 0 Å². The highest BCUT2D eigenvalue weighted by Gasteiger charge is 2.32. The zero-order valence-corrected chi connectivity index (χ0v) is 11.2. The standard InChI is InChI=1S/C13H19ClN4/c14-11-1-2-16-12(7-11)8-17-9-13(10-17)18-5-3-15-4-6-18/h1-2,7,13,15H,3-6,8-10H2.